The van der Waals surface area contributed by atoms with Gasteiger partial charge in [-0.25, -0.2) is 9.18 Å². The van der Waals surface area contributed by atoms with Crippen molar-refractivity contribution in [2.24, 2.45) is 5.73 Å². The van der Waals surface area contributed by atoms with E-state index in [4.69, 9.17) is 10.5 Å². The van der Waals surface area contributed by atoms with E-state index in [0.717, 1.165) is 0 Å². The summed E-state index contributed by atoms with van der Waals surface area (Å²) in [5, 5.41) is 2.55. The van der Waals surface area contributed by atoms with Crippen molar-refractivity contribution in [3.05, 3.63) is 34.1 Å². The molecule has 106 valence electrons. The van der Waals surface area contributed by atoms with Crippen molar-refractivity contribution < 1.29 is 13.9 Å². The van der Waals surface area contributed by atoms with E-state index in [1.807, 2.05) is 0 Å². The number of ether oxygens (including phenoxy) is 1. The molecule has 3 N–H and O–H groups in total. The average molecular weight is 333 g/mol. The van der Waals surface area contributed by atoms with Gasteiger partial charge in [0.25, 0.3) is 0 Å². The molecule has 19 heavy (non-hydrogen) atoms. The fourth-order valence-electron chi connectivity index (χ4n) is 1.41. The Kier molecular flexibility index (Phi) is 5.31. The standard InChI is InChI=1S/C13H18BrFN2O2/c1-13(2,3)19-12(18)17-7-11(16)8-4-9(14)6-10(15)5-8/h4-6,11H,7,16H2,1-3H3,(H,17,18)/t11-/m1/s1. The van der Waals surface area contributed by atoms with Crippen LogP contribution in [-0.4, -0.2) is 18.2 Å². The first kappa shape index (κ1) is 15.9. The predicted octanol–water partition coefficient (Wildman–Crippen LogP) is 3.11. The Hall–Kier alpha value is -1.14. The Morgan fingerprint density at radius 1 is 1.47 bits per heavy atom. The van der Waals surface area contributed by atoms with Gasteiger partial charge >= 0.3 is 6.09 Å². The summed E-state index contributed by atoms with van der Waals surface area (Å²) < 4.78 is 18.9. The number of carbonyl (C=O) groups is 1. The van der Waals surface area contributed by atoms with Crippen LogP contribution in [-0.2, 0) is 4.74 Å². The van der Waals surface area contributed by atoms with Crippen molar-refractivity contribution in [1.82, 2.24) is 5.32 Å². The van der Waals surface area contributed by atoms with Crippen LogP contribution in [0.3, 0.4) is 0 Å². The molecular weight excluding hydrogens is 315 g/mol. The highest BCUT2D eigenvalue weighted by molar-refractivity contribution is 9.10. The Labute approximate surface area is 120 Å². The summed E-state index contributed by atoms with van der Waals surface area (Å²) in [5.41, 5.74) is 5.93. The number of hydrogen-bond donors (Lipinski definition) is 2. The van der Waals surface area contributed by atoms with Crippen molar-refractivity contribution in [3.8, 4) is 0 Å². The highest BCUT2D eigenvalue weighted by atomic mass is 79.9. The molecule has 0 aliphatic rings. The fraction of sp³-hybridized carbons (Fsp3) is 0.462. The molecule has 1 aromatic rings. The van der Waals surface area contributed by atoms with Crippen molar-refractivity contribution in [2.75, 3.05) is 6.54 Å². The SMILES string of the molecule is CC(C)(C)OC(=O)NC[C@@H](N)c1cc(F)cc(Br)c1. The minimum absolute atomic E-state index is 0.171. The van der Waals surface area contributed by atoms with Crippen LogP contribution < -0.4 is 11.1 Å². The Balaban J connectivity index is 2.56. The molecule has 0 radical (unpaired) electrons. The highest BCUT2D eigenvalue weighted by Gasteiger charge is 2.17. The number of nitrogens with one attached hydrogen (secondary N) is 1. The van der Waals surface area contributed by atoms with Crippen LogP contribution in [0.15, 0.2) is 22.7 Å². The average Bonchev–Trinajstić information content (AvgIpc) is 2.22. The van der Waals surface area contributed by atoms with Gasteiger partial charge in [-0.2, -0.15) is 0 Å². The van der Waals surface area contributed by atoms with E-state index in [-0.39, 0.29) is 12.4 Å². The topological polar surface area (TPSA) is 64.3 Å². The van der Waals surface area contributed by atoms with Gasteiger partial charge in [-0.1, -0.05) is 15.9 Å². The van der Waals surface area contributed by atoms with E-state index in [1.54, 1.807) is 26.8 Å². The Bertz CT molecular complexity index is 440. The Morgan fingerprint density at radius 2 is 2.11 bits per heavy atom. The first-order valence-corrected chi connectivity index (χ1v) is 6.65. The second-order valence-corrected chi connectivity index (χ2v) is 6.11. The number of alkyl carbamates (subject to hydrolysis) is 1. The first-order chi connectivity index (χ1) is 8.67. The van der Waals surface area contributed by atoms with Crippen LogP contribution in [0, 0.1) is 5.82 Å². The normalized spacial score (nSPS) is 12.9. The molecule has 1 atom stereocenters. The minimum atomic E-state index is -0.559. The number of nitrogens with two attached hydrogens (primary N) is 1. The van der Waals surface area contributed by atoms with Crippen LogP contribution in [0.4, 0.5) is 9.18 Å². The third-order valence-corrected chi connectivity index (χ3v) is 2.64. The smallest absolute Gasteiger partial charge is 0.407 e. The lowest BCUT2D eigenvalue weighted by molar-refractivity contribution is 0.0524. The van der Waals surface area contributed by atoms with Crippen LogP contribution in [0.1, 0.15) is 32.4 Å². The fourth-order valence-corrected chi connectivity index (χ4v) is 1.90. The maximum atomic E-state index is 13.2. The zero-order valence-corrected chi connectivity index (χ0v) is 12.8. The van der Waals surface area contributed by atoms with Gasteiger partial charge in [0.1, 0.15) is 11.4 Å². The quantitative estimate of drug-likeness (QED) is 0.893. The van der Waals surface area contributed by atoms with E-state index in [2.05, 4.69) is 21.2 Å². The maximum absolute atomic E-state index is 13.2. The molecule has 1 amide bonds. The molecule has 0 aliphatic heterocycles. The molecule has 0 bridgehead atoms. The summed E-state index contributed by atoms with van der Waals surface area (Å²) >= 11 is 3.19. The van der Waals surface area contributed by atoms with Crippen molar-refractivity contribution in [1.29, 1.82) is 0 Å². The lowest BCUT2D eigenvalue weighted by Gasteiger charge is -2.21. The molecule has 0 saturated heterocycles. The van der Waals surface area contributed by atoms with Crippen LogP contribution >= 0.6 is 15.9 Å². The van der Waals surface area contributed by atoms with Gasteiger partial charge in [0.2, 0.25) is 0 Å². The summed E-state index contributed by atoms with van der Waals surface area (Å²) in [5.74, 6) is -0.378. The number of rotatable bonds is 3. The lowest BCUT2D eigenvalue weighted by atomic mass is 10.1. The molecule has 1 aromatic carbocycles. The minimum Gasteiger partial charge on any atom is -0.444 e. The number of benzene rings is 1. The van der Waals surface area contributed by atoms with Gasteiger partial charge in [-0.15, -0.1) is 0 Å². The summed E-state index contributed by atoms with van der Waals surface area (Å²) in [6.45, 7) is 5.49. The van der Waals surface area contributed by atoms with Crippen molar-refractivity contribution in [3.63, 3.8) is 0 Å². The van der Waals surface area contributed by atoms with Gasteiger partial charge in [0, 0.05) is 17.1 Å². The van der Waals surface area contributed by atoms with Gasteiger partial charge < -0.3 is 15.8 Å². The van der Waals surface area contributed by atoms with E-state index in [9.17, 15) is 9.18 Å². The molecular formula is C13H18BrFN2O2. The van der Waals surface area contributed by atoms with E-state index >= 15 is 0 Å². The molecule has 4 nitrogen and oxygen atoms in total. The van der Waals surface area contributed by atoms with Gasteiger partial charge in [0.15, 0.2) is 0 Å². The third-order valence-electron chi connectivity index (χ3n) is 2.18. The molecule has 1 rings (SSSR count). The summed E-state index contributed by atoms with van der Waals surface area (Å²) in [6, 6.07) is 3.90. The molecule has 0 aliphatic carbocycles. The van der Waals surface area contributed by atoms with Crippen molar-refractivity contribution in [2.45, 2.75) is 32.4 Å². The molecule has 0 aromatic heterocycles. The van der Waals surface area contributed by atoms with E-state index in [1.165, 1.54) is 12.1 Å². The number of hydrogen-bond acceptors (Lipinski definition) is 3. The van der Waals surface area contributed by atoms with Gasteiger partial charge in [-0.3, -0.25) is 0 Å². The van der Waals surface area contributed by atoms with Crippen LogP contribution in [0.25, 0.3) is 0 Å². The van der Waals surface area contributed by atoms with Gasteiger partial charge in [-0.05, 0) is 44.5 Å². The molecule has 6 heteroatoms. The molecule has 0 fully saturated rings. The third kappa shape index (κ3) is 6.02. The largest absolute Gasteiger partial charge is 0.444 e. The zero-order valence-electron chi connectivity index (χ0n) is 11.2. The first-order valence-electron chi connectivity index (χ1n) is 5.86. The second-order valence-electron chi connectivity index (χ2n) is 5.19. The molecule has 0 spiro atoms. The van der Waals surface area contributed by atoms with Crippen LogP contribution in [0.5, 0.6) is 0 Å². The van der Waals surface area contributed by atoms with Crippen molar-refractivity contribution >= 4 is 22.0 Å². The number of carbonyl (C=O) groups excluding carboxylic acids is 1. The highest BCUT2D eigenvalue weighted by Crippen LogP contribution is 2.19. The molecule has 0 unspecified atom stereocenters. The zero-order chi connectivity index (χ0) is 14.6. The second kappa shape index (κ2) is 6.34. The molecule has 0 saturated carbocycles. The monoisotopic (exact) mass is 332 g/mol. The van der Waals surface area contributed by atoms with E-state index in [0.29, 0.717) is 10.0 Å². The number of halogens is 2. The van der Waals surface area contributed by atoms with Gasteiger partial charge in [0.05, 0.1) is 0 Å². The Morgan fingerprint density at radius 3 is 2.63 bits per heavy atom. The summed E-state index contributed by atoms with van der Waals surface area (Å²) in [6.07, 6.45) is -0.543. The van der Waals surface area contributed by atoms with Crippen LogP contribution in [0.2, 0.25) is 0 Å². The number of amides is 1. The predicted molar refractivity (Wildman–Crippen MR) is 75.3 cm³/mol. The van der Waals surface area contributed by atoms with E-state index < -0.39 is 17.7 Å². The summed E-state index contributed by atoms with van der Waals surface area (Å²) in [4.78, 5) is 11.5. The summed E-state index contributed by atoms with van der Waals surface area (Å²) in [7, 11) is 0. The lowest BCUT2D eigenvalue weighted by Crippen LogP contribution is -2.36. The molecule has 0 heterocycles. The maximum Gasteiger partial charge on any atom is 0.407 e.